The molecular weight excluding hydrogens is 192 g/mol. The Kier molecular flexibility index (Phi) is 7.68. The van der Waals surface area contributed by atoms with E-state index in [4.69, 9.17) is 0 Å². The summed E-state index contributed by atoms with van der Waals surface area (Å²) in [5, 5.41) is 5.31. The van der Waals surface area contributed by atoms with E-state index in [-0.39, 0.29) is 24.7 Å². The van der Waals surface area contributed by atoms with Crippen molar-refractivity contribution >= 4 is 11.8 Å². The van der Waals surface area contributed by atoms with Crippen molar-refractivity contribution < 1.29 is 9.59 Å². The van der Waals surface area contributed by atoms with Crippen LogP contribution >= 0.6 is 0 Å². The number of hydrogen-bond acceptors (Lipinski definition) is 2. The van der Waals surface area contributed by atoms with Gasteiger partial charge in [-0.2, -0.15) is 0 Å². The topological polar surface area (TPSA) is 58.2 Å². The molecule has 4 nitrogen and oxygen atoms in total. The van der Waals surface area contributed by atoms with E-state index in [9.17, 15) is 9.59 Å². The number of rotatable bonds is 7. The van der Waals surface area contributed by atoms with E-state index in [1.54, 1.807) is 7.05 Å². The van der Waals surface area contributed by atoms with Gasteiger partial charge in [-0.05, 0) is 12.3 Å². The summed E-state index contributed by atoms with van der Waals surface area (Å²) >= 11 is 0. The highest BCUT2D eigenvalue weighted by molar-refractivity contribution is 5.83. The second-order valence-electron chi connectivity index (χ2n) is 3.87. The maximum absolute atomic E-state index is 11.3. The third-order valence-electron chi connectivity index (χ3n) is 2.29. The van der Waals surface area contributed by atoms with E-state index in [1.807, 2.05) is 0 Å². The molecule has 0 fully saturated rings. The van der Waals surface area contributed by atoms with Gasteiger partial charge in [0.2, 0.25) is 11.8 Å². The normalized spacial score (nSPS) is 11.9. The highest BCUT2D eigenvalue weighted by atomic mass is 16.2. The predicted octanol–water partition coefficient (Wildman–Crippen LogP) is 1.06. The van der Waals surface area contributed by atoms with Gasteiger partial charge in [-0.15, -0.1) is 0 Å². The van der Waals surface area contributed by atoms with Crippen molar-refractivity contribution in [3.63, 3.8) is 0 Å². The molecule has 15 heavy (non-hydrogen) atoms. The first-order valence-corrected chi connectivity index (χ1v) is 5.57. The summed E-state index contributed by atoms with van der Waals surface area (Å²) in [4.78, 5) is 22.1. The second kappa shape index (κ2) is 8.26. The van der Waals surface area contributed by atoms with Crippen LogP contribution in [-0.4, -0.2) is 25.4 Å². The fourth-order valence-corrected chi connectivity index (χ4v) is 1.32. The van der Waals surface area contributed by atoms with Crippen LogP contribution in [0.2, 0.25) is 0 Å². The predicted molar refractivity (Wildman–Crippen MR) is 60.4 cm³/mol. The van der Waals surface area contributed by atoms with Gasteiger partial charge in [0, 0.05) is 26.4 Å². The summed E-state index contributed by atoms with van der Waals surface area (Å²) in [6.07, 6.45) is 2.80. The van der Waals surface area contributed by atoms with Crippen LogP contribution in [0.5, 0.6) is 0 Å². The summed E-state index contributed by atoms with van der Waals surface area (Å²) < 4.78 is 0. The van der Waals surface area contributed by atoms with Crippen molar-refractivity contribution in [3.05, 3.63) is 0 Å². The molecular formula is C11H22N2O2. The Morgan fingerprint density at radius 3 is 2.33 bits per heavy atom. The van der Waals surface area contributed by atoms with Crippen LogP contribution in [0.25, 0.3) is 0 Å². The van der Waals surface area contributed by atoms with E-state index in [1.165, 1.54) is 0 Å². The molecule has 2 amide bonds. The first-order chi connectivity index (χ1) is 7.10. The van der Waals surface area contributed by atoms with Crippen molar-refractivity contribution in [2.45, 2.75) is 39.5 Å². The van der Waals surface area contributed by atoms with Crippen LogP contribution in [0.1, 0.15) is 39.5 Å². The molecule has 1 unspecified atom stereocenters. The van der Waals surface area contributed by atoms with Crippen LogP contribution in [0.4, 0.5) is 0 Å². The van der Waals surface area contributed by atoms with E-state index in [0.29, 0.717) is 12.5 Å². The van der Waals surface area contributed by atoms with Gasteiger partial charge in [0.05, 0.1) is 0 Å². The molecule has 0 aliphatic heterocycles. The monoisotopic (exact) mass is 214 g/mol. The molecule has 0 aliphatic carbocycles. The maximum Gasteiger partial charge on any atom is 0.220 e. The molecule has 0 bridgehead atoms. The number of carbonyl (C=O) groups excluding carboxylic acids is 2. The Morgan fingerprint density at radius 2 is 1.80 bits per heavy atom. The molecule has 0 saturated heterocycles. The van der Waals surface area contributed by atoms with Gasteiger partial charge in [-0.25, -0.2) is 0 Å². The number of amides is 2. The van der Waals surface area contributed by atoms with Gasteiger partial charge in [-0.3, -0.25) is 9.59 Å². The zero-order chi connectivity index (χ0) is 11.7. The van der Waals surface area contributed by atoms with E-state index >= 15 is 0 Å². The van der Waals surface area contributed by atoms with Gasteiger partial charge in [-0.1, -0.05) is 20.3 Å². The third-order valence-corrected chi connectivity index (χ3v) is 2.29. The minimum atomic E-state index is -0.0910. The molecule has 0 aromatic heterocycles. The van der Waals surface area contributed by atoms with Crippen LogP contribution in [0, 0.1) is 5.92 Å². The highest BCUT2D eigenvalue weighted by Gasteiger charge is 2.06. The fraction of sp³-hybridized carbons (Fsp3) is 0.818. The molecule has 4 heteroatoms. The largest absolute Gasteiger partial charge is 0.359 e. The first kappa shape index (κ1) is 13.9. The summed E-state index contributed by atoms with van der Waals surface area (Å²) in [6, 6.07) is 0. The Hall–Kier alpha value is -1.06. The molecule has 0 aliphatic rings. The molecule has 1 atom stereocenters. The minimum Gasteiger partial charge on any atom is -0.359 e. The average molecular weight is 214 g/mol. The van der Waals surface area contributed by atoms with Gasteiger partial charge >= 0.3 is 0 Å². The maximum atomic E-state index is 11.3. The fourth-order valence-electron chi connectivity index (χ4n) is 1.32. The lowest BCUT2D eigenvalue weighted by Gasteiger charge is -2.11. The lowest BCUT2D eigenvalue weighted by Crippen LogP contribution is -2.29. The van der Waals surface area contributed by atoms with Crippen molar-refractivity contribution in [2.24, 2.45) is 5.92 Å². The molecule has 2 N–H and O–H groups in total. The molecule has 0 aromatic carbocycles. The van der Waals surface area contributed by atoms with Crippen molar-refractivity contribution in [1.29, 1.82) is 0 Å². The molecule has 0 rings (SSSR count). The van der Waals surface area contributed by atoms with Crippen molar-refractivity contribution in [1.82, 2.24) is 10.6 Å². The minimum absolute atomic E-state index is 0.0402. The zero-order valence-corrected chi connectivity index (χ0v) is 9.93. The quantitative estimate of drug-likeness (QED) is 0.666. The standard InChI is InChI=1S/C11H22N2O2/c1-4-5-9(2)8-13-11(15)7-6-10(14)12-3/h9H,4-8H2,1-3H3,(H,12,14)(H,13,15). The van der Waals surface area contributed by atoms with Gasteiger partial charge in [0.1, 0.15) is 0 Å². The third kappa shape index (κ3) is 7.97. The molecule has 88 valence electrons. The second-order valence-corrected chi connectivity index (χ2v) is 3.87. The van der Waals surface area contributed by atoms with Crippen LogP contribution < -0.4 is 10.6 Å². The van der Waals surface area contributed by atoms with Crippen LogP contribution in [0.3, 0.4) is 0 Å². The van der Waals surface area contributed by atoms with Crippen molar-refractivity contribution in [2.75, 3.05) is 13.6 Å². The summed E-state index contributed by atoms with van der Waals surface area (Å²) in [6.45, 7) is 4.95. The Bertz CT molecular complexity index is 205. The average Bonchev–Trinajstić information content (AvgIpc) is 2.23. The highest BCUT2D eigenvalue weighted by Crippen LogP contribution is 2.02. The first-order valence-electron chi connectivity index (χ1n) is 5.57. The SMILES string of the molecule is CCCC(C)CNC(=O)CCC(=O)NC. The molecule has 0 spiro atoms. The van der Waals surface area contributed by atoms with Gasteiger partial charge < -0.3 is 10.6 Å². The van der Waals surface area contributed by atoms with Gasteiger partial charge in [0.15, 0.2) is 0 Å². The zero-order valence-electron chi connectivity index (χ0n) is 9.93. The molecule has 0 saturated carbocycles. The smallest absolute Gasteiger partial charge is 0.220 e. The Morgan fingerprint density at radius 1 is 1.20 bits per heavy atom. The molecule has 0 radical (unpaired) electrons. The number of carbonyl (C=O) groups is 2. The van der Waals surface area contributed by atoms with Crippen molar-refractivity contribution in [3.8, 4) is 0 Å². The Labute approximate surface area is 91.8 Å². The van der Waals surface area contributed by atoms with Crippen LogP contribution in [-0.2, 0) is 9.59 Å². The van der Waals surface area contributed by atoms with E-state index in [0.717, 1.165) is 12.8 Å². The molecule has 0 heterocycles. The number of nitrogens with one attached hydrogen (secondary N) is 2. The van der Waals surface area contributed by atoms with E-state index in [2.05, 4.69) is 24.5 Å². The number of hydrogen-bond donors (Lipinski definition) is 2. The lowest BCUT2D eigenvalue weighted by molar-refractivity contribution is -0.126. The molecule has 0 aromatic rings. The Balaban J connectivity index is 3.53. The van der Waals surface area contributed by atoms with E-state index < -0.39 is 0 Å². The lowest BCUT2D eigenvalue weighted by atomic mass is 10.1. The summed E-state index contributed by atoms with van der Waals surface area (Å²) in [5.41, 5.74) is 0. The van der Waals surface area contributed by atoms with Crippen LogP contribution in [0.15, 0.2) is 0 Å². The summed E-state index contributed by atoms with van der Waals surface area (Å²) in [5.74, 6) is 0.382. The summed E-state index contributed by atoms with van der Waals surface area (Å²) in [7, 11) is 1.57. The van der Waals surface area contributed by atoms with Gasteiger partial charge in [0.25, 0.3) is 0 Å².